The van der Waals surface area contributed by atoms with Crippen LogP contribution < -0.4 is 5.32 Å². The van der Waals surface area contributed by atoms with Crippen molar-refractivity contribution in [3.8, 4) is 0 Å². The van der Waals surface area contributed by atoms with E-state index in [4.69, 9.17) is 0 Å². The smallest absolute Gasteiger partial charge is 0.150 e. The SMILES string of the molecule is CCCNC(CCc1cccs1)C1CCS(=O)(=O)C1. The summed E-state index contributed by atoms with van der Waals surface area (Å²) in [4.78, 5) is 1.39. The first kappa shape index (κ1) is 15.0. The fourth-order valence-electron chi connectivity index (χ4n) is 2.73. The second kappa shape index (κ2) is 6.86. The van der Waals surface area contributed by atoms with Crippen LogP contribution in [0, 0.1) is 5.92 Å². The summed E-state index contributed by atoms with van der Waals surface area (Å²) in [6.07, 6.45) is 4.01. The summed E-state index contributed by atoms with van der Waals surface area (Å²) in [5.74, 6) is 1.05. The first-order chi connectivity index (χ1) is 9.11. The summed E-state index contributed by atoms with van der Waals surface area (Å²) < 4.78 is 23.3. The van der Waals surface area contributed by atoms with Crippen molar-refractivity contribution in [2.24, 2.45) is 5.92 Å². The minimum Gasteiger partial charge on any atom is -0.314 e. The Morgan fingerprint density at radius 1 is 1.53 bits per heavy atom. The normalized spacial score (nSPS) is 23.5. The highest BCUT2D eigenvalue weighted by atomic mass is 32.2. The quantitative estimate of drug-likeness (QED) is 0.841. The molecule has 3 nitrogen and oxygen atoms in total. The van der Waals surface area contributed by atoms with Crippen LogP contribution in [0.3, 0.4) is 0 Å². The topological polar surface area (TPSA) is 46.2 Å². The van der Waals surface area contributed by atoms with E-state index in [0.717, 1.165) is 32.2 Å². The summed E-state index contributed by atoms with van der Waals surface area (Å²) in [6, 6.07) is 4.58. The first-order valence-corrected chi connectivity index (χ1v) is 9.77. The van der Waals surface area contributed by atoms with Gasteiger partial charge in [0.15, 0.2) is 9.84 Å². The number of sulfone groups is 1. The predicted molar refractivity (Wildman–Crippen MR) is 81.5 cm³/mol. The fourth-order valence-corrected chi connectivity index (χ4v) is 5.33. The largest absolute Gasteiger partial charge is 0.314 e. The van der Waals surface area contributed by atoms with Crippen molar-refractivity contribution in [2.45, 2.75) is 38.6 Å². The molecule has 1 N–H and O–H groups in total. The number of aryl methyl sites for hydroxylation is 1. The van der Waals surface area contributed by atoms with E-state index in [9.17, 15) is 8.42 Å². The second-order valence-corrected chi connectivity index (χ2v) is 8.60. The van der Waals surface area contributed by atoms with E-state index in [1.54, 1.807) is 11.3 Å². The number of rotatable bonds is 7. The summed E-state index contributed by atoms with van der Waals surface area (Å²) in [5.41, 5.74) is 0. The maximum atomic E-state index is 11.6. The average Bonchev–Trinajstić information content (AvgIpc) is 2.99. The Balaban J connectivity index is 1.91. The number of hydrogen-bond acceptors (Lipinski definition) is 4. The van der Waals surface area contributed by atoms with E-state index < -0.39 is 9.84 Å². The van der Waals surface area contributed by atoms with Gasteiger partial charge in [-0.2, -0.15) is 0 Å². The predicted octanol–water partition coefficient (Wildman–Crippen LogP) is 2.48. The van der Waals surface area contributed by atoms with Gasteiger partial charge in [0.25, 0.3) is 0 Å². The van der Waals surface area contributed by atoms with Crippen molar-refractivity contribution in [1.82, 2.24) is 5.32 Å². The zero-order valence-corrected chi connectivity index (χ0v) is 13.1. The van der Waals surface area contributed by atoms with Gasteiger partial charge in [0.2, 0.25) is 0 Å². The minimum atomic E-state index is -2.78. The fraction of sp³-hybridized carbons (Fsp3) is 0.714. The van der Waals surface area contributed by atoms with Gasteiger partial charge in [-0.1, -0.05) is 13.0 Å². The Bertz CT molecular complexity index is 468. The lowest BCUT2D eigenvalue weighted by atomic mass is 9.94. The molecule has 2 heterocycles. The summed E-state index contributed by atoms with van der Waals surface area (Å²) in [6.45, 7) is 3.13. The Morgan fingerprint density at radius 3 is 2.95 bits per heavy atom. The van der Waals surface area contributed by atoms with Gasteiger partial charge in [0.05, 0.1) is 11.5 Å². The summed E-state index contributed by atoms with van der Waals surface area (Å²) in [7, 11) is -2.78. The zero-order valence-electron chi connectivity index (χ0n) is 11.5. The molecule has 108 valence electrons. The number of hydrogen-bond donors (Lipinski definition) is 1. The van der Waals surface area contributed by atoms with Crippen LogP contribution in [0.2, 0.25) is 0 Å². The van der Waals surface area contributed by atoms with Crippen LogP contribution in [0.1, 0.15) is 31.1 Å². The van der Waals surface area contributed by atoms with Crippen LogP contribution in [-0.2, 0) is 16.3 Å². The van der Waals surface area contributed by atoms with Crippen LogP contribution in [-0.4, -0.2) is 32.5 Å². The molecule has 1 aromatic heterocycles. The van der Waals surface area contributed by atoms with Crippen LogP contribution in [0.5, 0.6) is 0 Å². The minimum absolute atomic E-state index is 0.302. The second-order valence-electron chi connectivity index (χ2n) is 5.34. The number of thiophene rings is 1. The molecule has 0 aliphatic carbocycles. The lowest BCUT2D eigenvalue weighted by Gasteiger charge is -2.23. The van der Waals surface area contributed by atoms with Crippen molar-refractivity contribution in [3.63, 3.8) is 0 Å². The van der Waals surface area contributed by atoms with Crippen molar-refractivity contribution in [1.29, 1.82) is 0 Å². The van der Waals surface area contributed by atoms with Gasteiger partial charge in [-0.3, -0.25) is 0 Å². The summed E-state index contributed by atoms with van der Waals surface area (Å²) >= 11 is 1.79. The Labute approximate surface area is 120 Å². The molecule has 0 amide bonds. The third kappa shape index (κ3) is 4.58. The molecule has 1 fully saturated rings. The van der Waals surface area contributed by atoms with E-state index in [1.807, 2.05) is 0 Å². The molecule has 0 aromatic carbocycles. The molecule has 19 heavy (non-hydrogen) atoms. The van der Waals surface area contributed by atoms with E-state index in [0.29, 0.717) is 23.5 Å². The van der Waals surface area contributed by atoms with Gasteiger partial charge in [0, 0.05) is 10.9 Å². The maximum Gasteiger partial charge on any atom is 0.150 e. The average molecular weight is 301 g/mol. The third-order valence-corrected chi connectivity index (χ3v) is 6.50. The molecule has 1 aliphatic rings. The monoisotopic (exact) mass is 301 g/mol. The van der Waals surface area contributed by atoms with Gasteiger partial charge in [-0.05, 0) is 49.6 Å². The molecule has 0 spiro atoms. The molecular formula is C14H23NO2S2. The molecular weight excluding hydrogens is 278 g/mol. The number of nitrogens with one attached hydrogen (secondary N) is 1. The van der Waals surface area contributed by atoms with Crippen molar-refractivity contribution in [3.05, 3.63) is 22.4 Å². The van der Waals surface area contributed by atoms with Gasteiger partial charge >= 0.3 is 0 Å². The Kier molecular flexibility index (Phi) is 5.42. The highest BCUT2D eigenvalue weighted by Gasteiger charge is 2.33. The zero-order chi connectivity index (χ0) is 13.7. The van der Waals surface area contributed by atoms with Crippen LogP contribution >= 0.6 is 11.3 Å². The highest BCUT2D eigenvalue weighted by Crippen LogP contribution is 2.25. The van der Waals surface area contributed by atoms with Crippen LogP contribution in [0.25, 0.3) is 0 Å². The van der Waals surface area contributed by atoms with Crippen LogP contribution in [0.4, 0.5) is 0 Å². The van der Waals surface area contributed by atoms with E-state index >= 15 is 0 Å². The third-order valence-electron chi connectivity index (χ3n) is 3.78. The molecule has 0 radical (unpaired) electrons. The molecule has 1 aliphatic heterocycles. The van der Waals surface area contributed by atoms with Crippen molar-refractivity contribution in [2.75, 3.05) is 18.1 Å². The molecule has 5 heteroatoms. The Hall–Kier alpha value is -0.390. The maximum absolute atomic E-state index is 11.6. The lowest BCUT2D eigenvalue weighted by molar-refractivity contribution is 0.362. The lowest BCUT2D eigenvalue weighted by Crippen LogP contribution is -2.37. The summed E-state index contributed by atoms with van der Waals surface area (Å²) in [5, 5.41) is 5.65. The molecule has 2 unspecified atom stereocenters. The molecule has 0 bridgehead atoms. The van der Waals surface area contributed by atoms with E-state index in [1.165, 1.54) is 4.88 Å². The standard InChI is InChI=1S/C14H23NO2S2/c1-2-8-15-14(6-5-13-4-3-9-18-13)12-7-10-19(16,17)11-12/h3-4,9,12,14-15H,2,5-8,10-11H2,1H3. The van der Waals surface area contributed by atoms with Crippen molar-refractivity contribution < 1.29 is 8.42 Å². The molecule has 2 rings (SSSR count). The van der Waals surface area contributed by atoms with E-state index in [2.05, 4.69) is 29.8 Å². The van der Waals surface area contributed by atoms with Gasteiger partial charge in [-0.25, -0.2) is 8.42 Å². The van der Waals surface area contributed by atoms with Gasteiger partial charge in [-0.15, -0.1) is 11.3 Å². The van der Waals surface area contributed by atoms with Gasteiger partial charge in [0.1, 0.15) is 0 Å². The van der Waals surface area contributed by atoms with Gasteiger partial charge < -0.3 is 5.32 Å². The molecule has 1 saturated heterocycles. The van der Waals surface area contributed by atoms with Crippen LogP contribution in [0.15, 0.2) is 17.5 Å². The van der Waals surface area contributed by atoms with Crippen molar-refractivity contribution >= 4 is 21.2 Å². The highest BCUT2D eigenvalue weighted by molar-refractivity contribution is 7.91. The molecule has 2 atom stereocenters. The Morgan fingerprint density at radius 2 is 2.37 bits per heavy atom. The first-order valence-electron chi connectivity index (χ1n) is 7.07. The van der Waals surface area contributed by atoms with E-state index in [-0.39, 0.29) is 0 Å². The molecule has 0 saturated carbocycles. The molecule has 1 aromatic rings.